The molecule has 2 aliphatic carbocycles. The number of hydrogen-bond acceptors (Lipinski definition) is 1. The average molecular weight is 712 g/mol. The Morgan fingerprint density at radius 2 is 1.72 bits per heavy atom. The standard InChI is InChI=1S/C53H61N/c1-11-14-25-38(4)36-43-28-20-22-34-53(13-3)35-23-21-30-45(53)44(43)29-24-33-48-39(5)51(7,8)40(6)50-47(37-41(12-2)42-26-16-15-17-27-42)52(9,10)46-31-18-19-32-49(46)54(48)50/h11,13-21,23-28,30-33,35-38,40H,1,3,12,22,29,34H2,2,4-10H3/b25-14+,28-20-,33-24-,41-37+,43-36?,45-44-. The first-order valence-corrected chi connectivity index (χ1v) is 20.1. The van der Waals surface area contributed by atoms with E-state index in [1.165, 1.54) is 61.6 Å². The maximum Gasteiger partial charge on any atom is 0.0499 e. The van der Waals surface area contributed by atoms with Gasteiger partial charge in [0.25, 0.3) is 0 Å². The molecule has 2 aromatic carbocycles. The summed E-state index contributed by atoms with van der Waals surface area (Å²) in [7, 11) is 0. The van der Waals surface area contributed by atoms with E-state index in [9.17, 15) is 0 Å². The van der Waals surface area contributed by atoms with Gasteiger partial charge in [0.2, 0.25) is 0 Å². The Labute approximate surface area is 327 Å². The molecule has 0 saturated carbocycles. The molecule has 0 radical (unpaired) electrons. The molecule has 278 valence electrons. The predicted octanol–water partition coefficient (Wildman–Crippen LogP) is 14.7. The summed E-state index contributed by atoms with van der Waals surface area (Å²) in [6, 6.07) is 20.0. The number of fused-ring (bicyclic) bond motifs is 4. The highest BCUT2D eigenvalue weighted by atomic mass is 15.2. The molecule has 0 N–H and O–H groups in total. The number of anilines is 1. The minimum Gasteiger partial charge on any atom is -0.313 e. The minimum absolute atomic E-state index is 0.0518. The maximum atomic E-state index is 4.38. The topological polar surface area (TPSA) is 3.24 Å². The molecular formula is C53H61N. The molecule has 2 aromatic rings. The molecule has 3 atom stereocenters. The average Bonchev–Trinajstić information content (AvgIpc) is 3.17. The minimum atomic E-state index is -0.191. The van der Waals surface area contributed by atoms with Crippen molar-refractivity contribution in [3.63, 3.8) is 0 Å². The summed E-state index contributed by atoms with van der Waals surface area (Å²) in [5, 5.41) is 0. The van der Waals surface area contributed by atoms with Crippen molar-refractivity contribution in [2.45, 2.75) is 86.5 Å². The molecule has 0 saturated heterocycles. The van der Waals surface area contributed by atoms with Crippen molar-refractivity contribution in [3.8, 4) is 0 Å². The van der Waals surface area contributed by atoms with Crippen LogP contribution < -0.4 is 4.90 Å². The van der Waals surface area contributed by atoms with E-state index >= 15 is 0 Å². The summed E-state index contributed by atoms with van der Waals surface area (Å²) in [6.07, 6.45) is 35.7. The lowest BCUT2D eigenvalue weighted by Gasteiger charge is -2.53. The van der Waals surface area contributed by atoms with Crippen LogP contribution in [0.1, 0.15) is 92.2 Å². The van der Waals surface area contributed by atoms with Crippen LogP contribution in [-0.4, -0.2) is 0 Å². The first kappa shape index (κ1) is 38.8. The molecular weight excluding hydrogens is 651 g/mol. The maximum absolute atomic E-state index is 4.38. The Morgan fingerprint density at radius 1 is 0.981 bits per heavy atom. The van der Waals surface area contributed by atoms with Crippen molar-refractivity contribution in [1.82, 2.24) is 0 Å². The molecule has 1 nitrogen and oxygen atoms in total. The van der Waals surface area contributed by atoms with Crippen molar-refractivity contribution in [1.29, 1.82) is 0 Å². The zero-order valence-corrected chi connectivity index (χ0v) is 34.1. The lowest BCUT2D eigenvalue weighted by Crippen LogP contribution is -2.46. The molecule has 0 spiro atoms. The van der Waals surface area contributed by atoms with Crippen molar-refractivity contribution >= 4 is 11.3 Å². The van der Waals surface area contributed by atoms with Crippen LogP contribution in [0.25, 0.3) is 5.57 Å². The van der Waals surface area contributed by atoms with Gasteiger partial charge in [-0.1, -0.05) is 183 Å². The van der Waals surface area contributed by atoms with E-state index in [0.717, 1.165) is 25.7 Å². The van der Waals surface area contributed by atoms with Crippen molar-refractivity contribution < 1.29 is 0 Å². The van der Waals surface area contributed by atoms with Crippen LogP contribution in [0.2, 0.25) is 0 Å². The molecule has 0 fully saturated rings. The van der Waals surface area contributed by atoms with Crippen LogP contribution in [0.3, 0.4) is 0 Å². The Morgan fingerprint density at radius 3 is 2.44 bits per heavy atom. The van der Waals surface area contributed by atoms with Gasteiger partial charge in [-0.05, 0) is 101 Å². The van der Waals surface area contributed by atoms with Gasteiger partial charge in [-0.15, -0.1) is 6.58 Å². The molecule has 3 unspecified atom stereocenters. The summed E-state index contributed by atoms with van der Waals surface area (Å²) >= 11 is 0. The number of nitrogens with zero attached hydrogens (tertiary/aromatic N) is 1. The summed E-state index contributed by atoms with van der Waals surface area (Å²) in [6.45, 7) is 27.4. The molecule has 6 rings (SSSR count). The summed E-state index contributed by atoms with van der Waals surface area (Å²) < 4.78 is 0. The molecule has 0 aromatic heterocycles. The molecule has 2 aliphatic heterocycles. The normalized spacial score (nSPS) is 26.7. The number of allylic oxidation sites excluding steroid dienone is 21. The fraction of sp³-hybridized carbons (Fsp3) is 0.321. The van der Waals surface area contributed by atoms with Gasteiger partial charge in [0.15, 0.2) is 0 Å². The fourth-order valence-corrected chi connectivity index (χ4v) is 8.99. The van der Waals surface area contributed by atoms with Gasteiger partial charge in [0, 0.05) is 33.8 Å². The summed E-state index contributed by atoms with van der Waals surface area (Å²) in [4.78, 5) is 2.62. The van der Waals surface area contributed by atoms with E-state index in [0.29, 0.717) is 5.92 Å². The second-order valence-corrected chi connectivity index (χ2v) is 16.6. The monoisotopic (exact) mass is 711 g/mol. The van der Waals surface area contributed by atoms with E-state index < -0.39 is 0 Å². The Balaban J connectivity index is 1.55. The van der Waals surface area contributed by atoms with Crippen molar-refractivity contribution in [2.24, 2.45) is 22.7 Å². The molecule has 0 bridgehead atoms. The van der Waals surface area contributed by atoms with Crippen molar-refractivity contribution in [3.05, 3.63) is 203 Å². The second kappa shape index (κ2) is 15.8. The molecule has 4 aliphatic rings. The van der Waals surface area contributed by atoms with Gasteiger partial charge < -0.3 is 4.90 Å². The third-order valence-electron chi connectivity index (χ3n) is 12.9. The number of benzene rings is 2. The zero-order valence-electron chi connectivity index (χ0n) is 34.1. The summed E-state index contributed by atoms with van der Waals surface area (Å²) in [5.74, 6) is 0.569. The SMILES string of the molecule is C=C/C=C/C(C)C=C1/C=C\CCC2(C=C)C=CC=C/C2=C/1C/C=C\C1=C(C)C(C)(C)C(C)C2=C(/C=C(\CC)c3ccccc3)C(C)(C)c3ccccc3N12. The molecule has 2 heterocycles. The fourth-order valence-electron chi connectivity index (χ4n) is 8.99. The second-order valence-electron chi connectivity index (χ2n) is 16.6. The van der Waals surface area contributed by atoms with Crippen LogP contribution in [0.5, 0.6) is 0 Å². The van der Waals surface area contributed by atoms with Gasteiger partial charge in [0.1, 0.15) is 0 Å². The third kappa shape index (κ3) is 7.06. The van der Waals surface area contributed by atoms with Crippen LogP contribution in [0, 0.1) is 22.7 Å². The Kier molecular flexibility index (Phi) is 11.4. The van der Waals surface area contributed by atoms with Crippen LogP contribution in [-0.2, 0) is 5.41 Å². The largest absolute Gasteiger partial charge is 0.313 e. The lowest BCUT2D eigenvalue weighted by atomic mass is 9.63. The number of rotatable bonds is 10. The van der Waals surface area contributed by atoms with Gasteiger partial charge in [-0.3, -0.25) is 0 Å². The first-order chi connectivity index (χ1) is 25.9. The Hall–Kier alpha value is -4.88. The quantitative estimate of drug-likeness (QED) is 0.175. The summed E-state index contributed by atoms with van der Waals surface area (Å²) in [5.41, 5.74) is 14.5. The zero-order chi connectivity index (χ0) is 38.7. The van der Waals surface area contributed by atoms with Crippen LogP contribution in [0.15, 0.2) is 192 Å². The predicted molar refractivity (Wildman–Crippen MR) is 236 cm³/mol. The van der Waals surface area contributed by atoms with Gasteiger partial charge in [0.05, 0.1) is 0 Å². The van der Waals surface area contributed by atoms with E-state index in [-0.39, 0.29) is 22.2 Å². The van der Waals surface area contributed by atoms with Gasteiger partial charge in [-0.2, -0.15) is 0 Å². The van der Waals surface area contributed by atoms with E-state index in [4.69, 9.17) is 0 Å². The number of hydrogen-bond donors (Lipinski definition) is 0. The number of para-hydroxylation sites is 1. The highest BCUT2D eigenvalue weighted by molar-refractivity contribution is 5.78. The highest BCUT2D eigenvalue weighted by Crippen LogP contribution is 2.57. The van der Waals surface area contributed by atoms with Gasteiger partial charge in [-0.25, -0.2) is 0 Å². The molecule has 1 heteroatoms. The van der Waals surface area contributed by atoms with Crippen LogP contribution >= 0.6 is 0 Å². The van der Waals surface area contributed by atoms with E-state index in [1.807, 2.05) is 6.08 Å². The Bertz CT molecular complexity index is 2090. The van der Waals surface area contributed by atoms with Crippen LogP contribution in [0.4, 0.5) is 5.69 Å². The first-order valence-electron chi connectivity index (χ1n) is 20.1. The third-order valence-corrected chi connectivity index (χ3v) is 12.9. The van der Waals surface area contributed by atoms with E-state index in [1.54, 1.807) is 0 Å². The molecule has 54 heavy (non-hydrogen) atoms. The van der Waals surface area contributed by atoms with E-state index in [2.05, 4.69) is 207 Å². The smallest absolute Gasteiger partial charge is 0.0499 e. The lowest BCUT2D eigenvalue weighted by molar-refractivity contribution is 0.302. The molecule has 0 amide bonds. The van der Waals surface area contributed by atoms with Gasteiger partial charge >= 0.3 is 0 Å². The van der Waals surface area contributed by atoms with Crippen molar-refractivity contribution in [2.75, 3.05) is 4.90 Å². The highest BCUT2D eigenvalue weighted by Gasteiger charge is 2.47.